The zero-order valence-electron chi connectivity index (χ0n) is 42.5. The lowest BCUT2D eigenvalue weighted by Gasteiger charge is -2.18. The van der Waals surface area contributed by atoms with Crippen LogP contribution in [-0.2, 0) is 33.4 Å². The minimum absolute atomic E-state index is 0.0954. The van der Waals surface area contributed by atoms with Gasteiger partial charge in [-0.1, -0.05) is 211 Å². The monoisotopic (exact) mass is 915 g/mol. The van der Waals surface area contributed by atoms with Crippen LogP contribution in [0.5, 0.6) is 0 Å². The van der Waals surface area contributed by atoms with E-state index in [0.29, 0.717) is 19.3 Å². The van der Waals surface area contributed by atoms with E-state index >= 15 is 0 Å². The van der Waals surface area contributed by atoms with Crippen molar-refractivity contribution < 1.29 is 38.5 Å². The van der Waals surface area contributed by atoms with Gasteiger partial charge in [-0.05, 0) is 83.5 Å². The predicted molar refractivity (Wildman–Crippen MR) is 272 cm³/mol. The summed E-state index contributed by atoms with van der Waals surface area (Å²) in [6, 6.07) is 0. The van der Waals surface area contributed by atoms with E-state index in [0.717, 1.165) is 141 Å². The van der Waals surface area contributed by atoms with Crippen LogP contribution < -0.4 is 0 Å². The van der Waals surface area contributed by atoms with Crippen LogP contribution in [0.1, 0.15) is 284 Å². The average molecular weight is 915 g/mol. The molecule has 0 radical (unpaired) electrons. The largest absolute Gasteiger partial charge is 0.481 e. The van der Waals surface area contributed by atoms with Crippen LogP contribution in [0, 0.1) is 0 Å². The molecule has 0 saturated carbocycles. The Bertz CT molecular complexity index is 1160. The van der Waals surface area contributed by atoms with Crippen molar-refractivity contribution in [2.75, 3.05) is 13.2 Å². The zero-order valence-corrected chi connectivity index (χ0v) is 42.5. The molecule has 0 aliphatic carbocycles. The van der Waals surface area contributed by atoms with E-state index in [-0.39, 0.29) is 37.5 Å². The van der Waals surface area contributed by atoms with Crippen molar-refractivity contribution >= 4 is 23.9 Å². The Morgan fingerprint density at radius 1 is 0.354 bits per heavy atom. The van der Waals surface area contributed by atoms with Gasteiger partial charge in [-0.15, -0.1) is 0 Å². The maximum absolute atomic E-state index is 12.8. The van der Waals surface area contributed by atoms with Gasteiger partial charge in [0, 0.05) is 25.7 Å². The fourth-order valence-electron chi connectivity index (χ4n) is 7.96. The fourth-order valence-corrected chi connectivity index (χ4v) is 7.96. The molecular weight excluding hydrogens is 813 g/mol. The van der Waals surface area contributed by atoms with Crippen LogP contribution >= 0.6 is 0 Å². The molecule has 0 aromatic carbocycles. The minimum atomic E-state index is -0.800. The van der Waals surface area contributed by atoms with Crippen molar-refractivity contribution in [1.29, 1.82) is 0 Å². The van der Waals surface area contributed by atoms with E-state index < -0.39 is 12.1 Å². The number of hydrogen-bond acceptors (Lipinski definition) is 7. The average Bonchev–Trinajstić information content (AvgIpc) is 3.29. The Labute approximate surface area is 400 Å². The summed E-state index contributed by atoms with van der Waals surface area (Å²) < 4.78 is 16.8. The number of ether oxygens (including phenoxy) is 3. The van der Waals surface area contributed by atoms with Gasteiger partial charge in [-0.2, -0.15) is 0 Å². The van der Waals surface area contributed by atoms with Gasteiger partial charge >= 0.3 is 23.9 Å². The lowest BCUT2D eigenvalue weighted by Crippen LogP contribution is -2.30. The molecule has 8 heteroatoms. The molecule has 0 fully saturated rings. The lowest BCUT2D eigenvalue weighted by atomic mass is 10.0. The number of aliphatic carboxylic acids is 1. The van der Waals surface area contributed by atoms with Crippen LogP contribution in [0.25, 0.3) is 0 Å². The molecule has 0 aromatic heterocycles. The smallest absolute Gasteiger partial charge is 0.306 e. The Kier molecular flexibility index (Phi) is 49.8. The van der Waals surface area contributed by atoms with Gasteiger partial charge in [0.1, 0.15) is 13.2 Å². The highest BCUT2D eigenvalue weighted by molar-refractivity contribution is 5.71. The zero-order chi connectivity index (χ0) is 47.4. The van der Waals surface area contributed by atoms with Crippen molar-refractivity contribution in [2.24, 2.45) is 0 Å². The molecule has 1 N–H and O–H groups in total. The molecule has 0 spiro atoms. The molecule has 0 heterocycles. The number of unbranched alkanes of at least 4 members (excludes halogenated alkanes) is 32. The van der Waals surface area contributed by atoms with E-state index in [9.17, 15) is 19.2 Å². The van der Waals surface area contributed by atoms with Crippen LogP contribution in [0.15, 0.2) is 36.5 Å². The van der Waals surface area contributed by atoms with Crippen molar-refractivity contribution in [3.8, 4) is 0 Å². The molecule has 0 aliphatic heterocycles. The maximum atomic E-state index is 12.8. The Hall–Kier alpha value is -2.90. The van der Waals surface area contributed by atoms with Gasteiger partial charge in [0.15, 0.2) is 6.10 Å². The third-order valence-electron chi connectivity index (χ3n) is 12.2. The van der Waals surface area contributed by atoms with E-state index in [2.05, 4.69) is 50.3 Å². The summed E-state index contributed by atoms with van der Waals surface area (Å²) in [6.07, 6.45) is 57.7. The number of carbonyl (C=O) groups excluding carboxylic acids is 3. The molecule has 0 bridgehead atoms. The van der Waals surface area contributed by atoms with Gasteiger partial charge in [0.05, 0.1) is 0 Å². The molecule has 0 rings (SSSR count). The topological polar surface area (TPSA) is 116 Å². The summed E-state index contributed by atoms with van der Waals surface area (Å²) in [7, 11) is 0. The SMILES string of the molecule is CCCCC/C=C\C/C=C\CCCCCCCC(=O)OC(COC(=O)CCCCCCC/C=C\CCCCCCCC(=O)O)COC(=O)CCCCCCCCCCCCCCCCC. The molecule has 8 nitrogen and oxygen atoms in total. The number of carboxylic acid groups (broad SMARTS) is 1. The highest BCUT2D eigenvalue weighted by Crippen LogP contribution is 2.16. The van der Waals surface area contributed by atoms with Crippen molar-refractivity contribution in [3.63, 3.8) is 0 Å². The molecular formula is C57H102O8. The maximum Gasteiger partial charge on any atom is 0.306 e. The molecule has 0 aliphatic rings. The van der Waals surface area contributed by atoms with Crippen molar-refractivity contribution in [1.82, 2.24) is 0 Å². The van der Waals surface area contributed by atoms with E-state index in [4.69, 9.17) is 19.3 Å². The molecule has 1 unspecified atom stereocenters. The second kappa shape index (κ2) is 52.1. The molecule has 65 heavy (non-hydrogen) atoms. The Morgan fingerprint density at radius 3 is 1.00 bits per heavy atom. The van der Waals surface area contributed by atoms with Crippen LogP contribution in [0.4, 0.5) is 0 Å². The molecule has 0 aromatic rings. The van der Waals surface area contributed by atoms with Crippen molar-refractivity contribution in [3.05, 3.63) is 36.5 Å². The first-order valence-corrected chi connectivity index (χ1v) is 27.6. The van der Waals surface area contributed by atoms with E-state index in [1.54, 1.807) is 0 Å². The highest BCUT2D eigenvalue weighted by atomic mass is 16.6. The lowest BCUT2D eigenvalue weighted by molar-refractivity contribution is -0.167. The van der Waals surface area contributed by atoms with Crippen LogP contribution in [0.2, 0.25) is 0 Å². The first-order valence-electron chi connectivity index (χ1n) is 27.6. The molecule has 0 amide bonds. The first-order chi connectivity index (χ1) is 31.9. The minimum Gasteiger partial charge on any atom is -0.481 e. The molecule has 378 valence electrons. The quantitative estimate of drug-likeness (QED) is 0.0278. The van der Waals surface area contributed by atoms with Crippen LogP contribution in [0.3, 0.4) is 0 Å². The van der Waals surface area contributed by atoms with Gasteiger partial charge in [0.25, 0.3) is 0 Å². The number of carbonyl (C=O) groups is 4. The Morgan fingerprint density at radius 2 is 0.631 bits per heavy atom. The standard InChI is InChI=1S/C57H102O8/c1-3-5-7-9-11-13-15-17-19-24-28-32-36-40-44-48-55(60)63-51-53(65-57(62)50-46-42-38-34-30-26-20-18-16-14-12-10-8-6-4-2)52-64-56(61)49-45-41-37-33-29-25-22-21-23-27-31-35-39-43-47-54(58)59/h12,14,18,20-22,53H,3-11,13,15-17,19,23-52H2,1-2H3,(H,58,59)/b14-12-,20-18-,22-21-. The normalized spacial score (nSPS) is 12.2. The summed E-state index contributed by atoms with van der Waals surface area (Å²) in [6.45, 7) is 4.31. The Balaban J connectivity index is 4.38. The van der Waals surface area contributed by atoms with Crippen molar-refractivity contribution in [2.45, 2.75) is 290 Å². The number of carboxylic acids is 1. The summed E-state index contributed by atoms with van der Waals surface area (Å²) in [4.78, 5) is 48.6. The summed E-state index contributed by atoms with van der Waals surface area (Å²) >= 11 is 0. The third kappa shape index (κ3) is 51.9. The summed E-state index contributed by atoms with van der Waals surface area (Å²) in [5.41, 5.74) is 0. The number of rotatable bonds is 51. The first kappa shape index (κ1) is 62.1. The molecule has 0 saturated heterocycles. The summed E-state index contributed by atoms with van der Waals surface area (Å²) in [5, 5.41) is 8.71. The second-order valence-electron chi connectivity index (χ2n) is 18.6. The number of hydrogen-bond donors (Lipinski definition) is 1. The van der Waals surface area contributed by atoms with Crippen LogP contribution in [-0.4, -0.2) is 48.3 Å². The van der Waals surface area contributed by atoms with Gasteiger partial charge in [-0.3, -0.25) is 19.2 Å². The van der Waals surface area contributed by atoms with Gasteiger partial charge in [-0.25, -0.2) is 0 Å². The third-order valence-corrected chi connectivity index (χ3v) is 12.2. The fraction of sp³-hybridized carbons (Fsp3) is 0.825. The second-order valence-corrected chi connectivity index (χ2v) is 18.6. The number of allylic oxidation sites excluding steroid dienone is 6. The van der Waals surface area contributed by atoms with Gasteiger partial charge < -0.3 is 19.3 Å². The number of esters is 3. The van der Waals surface area contributed by atoms with Gasteiger partial charge in [0.2, 0.25) is 0 Å². The highest BCUT2D eigenvalue weighted by Gasteiger charge is 2.19. The predicted octanol–water partition coefficient (Wildman–Crippen LogP) is 17.2. The molecule has 1 atom stereocenters. The summed E-state index contributed by atoms with van der Waals surface area (Å²) in [5.74, 6) is -1.65. The van der Waals surface area contributed by atoms with E-state index in [1.165, 1.54) is 103 Å². The van der Waals surface area contributed by atoms with E-state index in [1.807, 2.05) is 0 Å².